The molecule has 0 bridgehead atoms. The summed E-state index contributed by atoms with van der Waals surface area (Å²) >= 11 is 0. The Morgan fingerprint density at radius 3 is 2.19 bits per heavy atom. The Labute approximate surface area is 242 Å². The molecule has 4 rings (SSSR count). The molecule has 0 radical (unpaired) electrons. The molecule has 1 heterocycles. The van der Waals surface area contributed by atoms with E-state index in [1.165, 1.54) is 19.2 Å². The number of benzene rings is 3. The maximum absolute atomic E-state index is 14.6. The molecule has 11 heteroatoms. The molecule has 1 aromatic heterocycles. The number of ether oxygens (including phenoxy) is 3. The largest absolute Gasteiger partial charge is 0.459 e. The quantitative estimate of drug-likeness (QED) is 0.244. The maximum Gasteiger partial charge on any atom is 0.408 e. The number of nitrogens with one attached hydrogen (secondary N) is 2. The Kier molecular flexibility index (Phi) is 10.4. The van der Waals surface area contributed by atoms with E-state index in [1.807, 2.05) is 12.1 Å². The first-order valence-corrected chi connectivity index (χ1v) is 13.1. The van der Waals surface area contributed by atoms with Crippen molar-refractivity contribution in [2.45, 2.75) is 25.9 Å². The van der Waals surface area contributed by atoms with Crippen molar-refractivity contribution in [3.05, 3.63) is 113 Å². The smallest absolute Gasteiger partial charge is 0.408 e. The molecule has 0 fully saturated rings. The molecular weight excluding hydrogens is 543 g/mol. The lowest BCUT2D eigenvalue weighted by atomic mass is 10.0. The van der Waals surface area contributed by atoms with E-state index in [4.69, 9.17) is 14.2 Å². The predicted molar refractivity (Wildman–Crippen MR) is 151 cm³/mol. The number of alkyl carbamates (subject to hydrolysis) is 1. The molecule has 1 atom stereocenters. The van der Waals surface area contributed by atoms with Crippen LogP contribution in [0.3, 0.4) is 0 Å². The van der Waals surface area contributed by atoms with Gasteiger partial charge >= 0.3 is 12.1 Å². The fourth-order valence-corrected chi connectivity index (χ4v) is 4.13. The fraction of sp³-hybridized carbons (Fsp3) is 0.226. The number of carbonyl (C=O) groups is 3. The highest BCUT2D eigenvalue weighted by Crippen LogP contribution is 2.25. The Hall–Kier alpha value is -5.03. The lowest BCUT2D eigenvalue weighted by Crippen LogP contribution is -2.49. The van der Waals surface area contributed by atoms with Gasteiger partial charge in [0.25, 0.3) is 5.91 Å². The monoisotopic (exact) mass is 574 g/mol. The van der Waals surface area contributed by atoms with Crippen molar-refractivity contribution in [1.29, 1.82) is 0 Å². The number of amides is 2. The van der Waals surface area contributed by atoms with Crippen molar-refractivity contribution < 1.29 is 33.0 Å². The van der Waals surface area contributed by atoms with Crippen LogP contribution >= 0.6 is 0 Å². The normalized spacial score (nSPS) is 11.4. The van der Waals surface area contributed by atoms with Crippen molar-refractivity contribution in [1.82, 2.24) is 20.4 Å². The van der Waals surface area contributed by atoms with Crippen LogP contribution in [0.2, 0.25) is 0 Å². The van der Waals surface area contributed by atoms with Crippen LogP contribution in [0.5, 0.6) is 0 Å². The second-order valence-corrected chi connectivity index (χ2v) is 9.40. The summed E-state index contributed by atoms with van der Waals surface area (Å²) in [6, 6.07) is 20.6. The number of rotatable bonds is 12. The van der Waals surface area contributed by atoms with Crippen LogP contribution in [-0.2, 0) is 45.9 Å². The van der Waals surface area contributed by atoms with Crippen molar-refractivity contribution in [2.75, 3.05) is 13.7 Å². The van der Waals surface area contributed by atoms with Crippen LogP contribution in [0.1, 0.15) is 27.0 Å². The number of hydrogen-bond acceptors (Lipinski definition) is 7. The average Bonchev–Trinajstić information content (AvgIpc) is 3.37. The molecule has 0 saturated heterocycles. The first-order chi connectivity index (χ1) is 20.3. The third-order valence-corrected chi connectivity index (χ3v) is 6.12. The number of nitrogens with zero attached hydrogens (tertiary/aromatic N) is 2. The van der Waals surface area contributed by atoms with E-state index in [-0.39, 0.29) is 31.9 Å². The molecule has 218 valence electrons. The summed E-state index contributed by atoms with van der Waals surface area (Å²) in [5, 5.41) is 9.40. The van der Waals surface area contributed by atoms with Crippen LogP contribution in [-0.4, -0.2) is 47.4 Å². The van der Waals surface area contributed by atoms with Gasteiger partial charge in [-0.25, -0.2) is 14.0 Å². The maximum atomic E-state index is 14.6. The van der Waals surface area contributed by atoms with Gasteiger partial charge < -0.3 is 24.8 Å². The second-order valence-electron chi connectivity index (χ2n) is 9.40. The van der Waals surface area contributed by atoms with Crippen LogP contribution in [0.15, 0.2) is 85.1 Å². The summed E-state index contributed by atoms with van der Waals surface area (Å²) in [7, 11) is 3.26. The molecule has 2 amide bonds. The van der Waals surface area contributed by atoms with Crippen molar-refractivity contribution in [3.63, 3.8) is 0 Å². The third kappa shape index (κ3) is 8.48. The summed E-state index contributed by atoms with van der Waals surface area (Å²) in [5.41, 5.74) is 3.08. The van der Waals surface area contributed by atoms with Crippen LogP contribution < -0.4 is 10.6 Å². The van der Waals surface area contributed by atoms with Gasteiger partial charge in [0.1, 0.15) is 25.1 Å². The first-order valence-electron chi connectivity index (χ1n) is 13.1. The van der Waals surface area contributed by atoms with Crippen molar-refractivity contribution in [3.8, 4) is 11.3 Å². The van der Waals surface area contributed by atoms with Gasteiger partial charge in [0.2, 0.25) is 0 Å². The minimum Gasteiger partial charge on any atom is -0.459 e. The van der Waals surface area contributed by atoms with Crippen LogP contribution in [0.4, 0.5) is 9.18 Å². The zero-order valence-corrected chi connectivity index (χ0v) is 23.2. The molecule has 0 spiro atoms. The van der Waals surface area contributed by atoms with E-state index in [0.717, 1.165) is 22.8 Å². The number of hydrogen-bond donors (Lipinski definition) is 2. The average molecular weight is 575 g/mol. The summed E-state index contributed by atoms with van der Waals surface area (Å²) in [6.07, 6.45) is 0.876. The zero-order valence-electron chi connectivity index (χ0n) is 23.2. The molecule has 0 unspecified atom stereocenters. The molecule has 42 heavy (non-hydrogen) atoms. The minimum atomic E-state index is -1.28. The molecule has 0 saturated carbocycles. The molecule has 4 aromatic rings. The number of carbonyl (C=O) groups excluding carboxylic acids is 3. The highest BCUT2D eigenvalue weighted by atomic mass is 19.1. The van der Waals surface area contributed by atoms with Crippen molar-refractivity contribution in [2.24, 2.45) is 7.05 Å². The molecular formula is C31H31FN4O6. The standard InChI is InChI=1S/C31H31FN4O6/c1-36-17-25(20-40-2)28(35-36)23-13-24(15-26(32)14-23)29(37)33-16-27(30(38)41-18-21-9-5-3-6-10-21)34-31(39)42-19-22-11-7-4-8-12-22/h3-15,17,27H,16,18-20H2,1-2H3,(H,33,37)(H,34,39)/t27-/m1/s1. The molecule has 0 aliphatic rings. The number of halogens is 1. The van der Waals surface area contributed by atoms with E-state index >= 15 is 0 Å². The van der Waals surface area contributed by atoms with E-state index in [2.05, 4.69) is 15.7 Å². The number of aromatic nitrogens is 2. The number of aryl methyl sites for hydroxylation is 1. The van der Waals surface area contributed by atoms with Gasteiger partial charge in [-0.2, -0.15) is 5.10 Å². The second kappa shape index (κ2) is 14.6. The SMILES string of the molecule is COCc1cn(C)nc1-c1cc(F)cc(C(=O)NC[C@@H](NC(=O)OCc2ccccc2)C(=O)OCc2ccccc2)c1. The highest BCUT2D eigenvalue weighted by Gasteiger charge is 2.25. The number of esters is 1. The minimum absolute atomic E-state index is 0.00192. The predicted octanol–water partition coefficient (Wildman–Crippen LogP) is 4.14. The number of methoxy groups -OCH3 is 1. The molecule has 0 aliphatic heterocycles. The summed E-state index contributed by atoms with van der Waals surface area (Å²) in [5.74, 6) is -2.10. The lowest BCUT2D eigenvalue weighted by Gasteiger charge is -2.18. The topological polar surface area (TPSA) is 121 Å². The van der Waals surface area contributed by atoms with E-state index < -0.39 is 29.8 Å². The van der Waals surface area contributed by atoms with Crippen LogP contribution in [0.25, 0.3) is 11.3 Å². The third-order valence-electron chi connectivity index (χ3n) is 6.12. The van der Waals surface area contributed by atoms with Gasteiger partial charge in [-0.15, -0.1) is 0 Å². The van der Waals surface area contributed by atoms with Gasteiger partial charge in [0, 0.05) is 43.6 Å². The molecule has 10 nitrogen and oxygen atoms in total. The fourth-order valence-electron chi connectivity index (χ4n) is 4.13. The summed E-state index contributed by atoms with van der Waals surface area (Å²) in [4.78, 5) is 38.5. The van der Waals surface area contributed by atoms with Gasteiger partial charge in [-0.1, -0.05) is 60.7 Å². The lowest BCUT2D eigenvalue weighted by molar-refractivity contribution is -0.147. The summed E-state index contributed by atoms with van der Waals surface area (Å²) in [6.45, 7) is -0.140. The van der Waals surface area contributed by atoms with Crippen LogP contribution in [0, 0.1) is 5.82 Å². The first kappa shape index (κ1) is 29.9. The zero-order chi connectivity index (χ0) is 29.9. The Bertz CT molecular complexity index is 1510. The summed E-state index contributed by atoms with van der Waals surface area (Å²) < 4.78 is 32.0. The highest BCUT2D eigenvalue weighted by molar-refractivity contribution is 5.96. The molecule has 0 aliphatic carbocycles. The van der Waals surface area contributed by atoms with E-state index in [0.29, 0.717) is 11.3 Å². The molecule has 3 aromatic carbocycles. The Balaban J connectivity index is 1.45. The van der Waals surface area contributed by atoms with E-state index in [1.54, 1.807) is 66.5 Å². The van der Waals surface area contributed by atoms with Gasteiger partial charge in [-0.3, -0.25) is 9.48 Å². The van der Waals surface area contributed by atoms with Gasteiger partial charge in [-0.05, 0) is 29.3 Å². The Morgan fingerprint density at radius 1 is 0.905 bits per heavy atom. The van der Waals surface area contributed by atoms with Crippen molar-refractivity contribution >= 4 is 18.0 Å². The van der Waals surface area contributed by atoms with Gasteiger partial charge in [0.05, 0.1) is 12.3 Å². The van der Waals surface area contributed by atoms with E-state index in [9.17, 15) is 18.8 Å². The Morgan fingerprint density at radius 2 is 1.55 bits per heavy atom. The van der Waals surface area contributed by atoms with Gasteiger partial charge in [0.15, 0.2) is 0 Å². The molecule has 2 N–H and O–H groups in total.